The lowest BCUT2D eigenvalue weighted by Crippen LogP contribution is -2.17. The lowest BCUT2D eigenvalue weighted by atomic mass is 10.1. The summed E-state index contributed by atoms with van der Waals surface area (Å²) in [5.74, 6) is 1.51. The molecule has 106 valence electrons. The van der Waals surface area contributed by atoms with Crippen molar-refractivity contribution in [2.45, 2.75) is 33.7 Å². The molecule has 0 amide bonds. The summed E-state index contributed by atoms with van der Waals surface area (Å²) in [5.41, 5.74) is 3.48. The molecule has 3 nitrogen and oxygen atoms in total. The van der Waals surface area contributed by atoms with Gasteiger partial charge in [-0.25, -0.2) is 4.98 Å². The number of ether oxygens (including phenoxy) is 1. The van der Waals surface area contributed by atoms with Crippen molar-refractivity contribution in [3.63, 3.8) is 0 Å². The average Bonchev–Trinajstić information content (AvgIpc) is 2.43. The number of aromatic nitrogens is 1. The molecular weight excluding hydrogens is 248 g/mol. The van der Waals surface area contributed by atoms with Gasteiger partial charge in [-0.3, -0.25) is 0 Å². The highest BCUT2D eigenvalue weighted by Crippen LogP contribution is 2.26. The molecule has 20 heavy (non-hydrogen) atoms. The minimum atomic E-state index is 0.295. The van der Waals surface area contributed by atoms with E-state index in [4.69, 9.17) is 4.74 Å². The Hall–Kier alpha value is -1.87. The normalized spacial score (nSPS) is 12.2. The molecule has 0 fully saturated rings. The first-order valence-electron chi connectivity index (χ1n) is 7.04. The molecule has 1 atom stereocenters. The fraction of sp³-hybridized carbons (Fsp3) is 0.353. The van der Waals surface area contributed by atoms with Gasteiger partial charge < -0.3 is 10.1 Å². The van der Waals surface area contributed by atoms with Crippen LogP contribution in [0.25, 0.3) is 0 Å². The van der Waals surface area contributed by atoms with Gasteiger partial charge in [0.15, 0.2) is 0 Å². The molecule has 0 aliphatic heterocycles. The van der Waals surface area contributed by atoms with E-state index in [9.17, 15) is 0 Å². The zero-order valence-corrected chi connectivity index (χ0v) is 12.6. The van der Waals surface area contributed by atoms with Crippen LogP contribution in [0, 0.1) is 13.8 Å². The van der Waals surface area contributed by atoms with Gasteiger partial charge in [-0.05, 0) is 56.1 Å². The van der Waals surface area contributed by atoms with Crippen LogP contribution >= 0.6 is 0 Å². The minimum Gasteiger partial charge on any atom is -0.439 e. The Balaban J connectivity index is 2.21. The van der Waals surface area contributed by atoms with Crippen molar-refractivity contribution >= 4 is 0 Å². The molecule has 0 aliphatic rings. The second-order valence-corrected chi connectivity index (χ2v) is 5.08. The number of aryl methyl sites for hydroxylation is 2. The third-order valence-electron chi connectivity index (χ3n) is 3.33. The summed E-state index contributed by atoms with van der Waals surface area (Å²) in [7, 11) is 0. The fourth-order valence-corrected chi connectivity index (χ4v) is 2.10. The van der Waals surface area contributed by atoms with Gasteiger partial charge in [0.25, 0.3) is 0 Å². The highest BCUT2D eigenvalue weighted by Gasteiger charge is 2.07. The quantitative estimate of drug-likeness (QED) is 0.885. The average molecular weight is 270 g/mol. The maximum absolute atomic E-state index is 5.92. The van der Waals surface area contributed by atoms with E-state index in [0.717, 1.165) is 17.9 Å². The van der Waals surface area contributed by atoms with E-state index in [2.05, 4.69) is 43.2 Å². The van der Waals surface area contributed by atoms with E-state index in [1.165, 1.54) is 11.1 Å². The van der Waals surface area contributed by atoms with Gasteiger partial charge in [0.05, 0.1) is 0 Å². The molecule has 0 aliphatic carbocycles. The van der Waals surface area contributed by atoms with Crippen molar-refractivity contribution in [2.75, 3.05) is 6.54 Å². The lowest BCUT2D eigenvalue weighted by Gasteiger charge is -2.14. The Morgan fingerprint density at radius 2 is 2.00 bits per heavy atom. The van der Waals surface area contributed by atoms with Crippen molar-refractivity contribution in [2.24, 2.45) is 0 Å². The number of hydrogen-bond donors (Lipinski definition) is 1. The molecule has 1 unspecified atom stereocenters. The van der Waals surface area contributed by atoms with Crippen LogP contribution in [-0.4, -0.2) is 11.5 Å². The smallest absolute Gasteiger partial charge is 0.219 e. The van der Waals surface area contributed by atoms with Gasteiger partial charge in [0.2, 0.25) is 5.88 Å². The Morgan fingerprint density at radius 1 is 1.20 bits per heavy atom. The summed E-state index contributed by atoms with van der Waals surface area (Å²) in [5, 5.41) is 3.39. The zero-order valence-electron chi connectivity index (χ0n) is 12.6. The van der Waals surface area contributed by atoms with E-state index in [1.54, 1.807) is 6.20 Å². The molecule has 1 aromatic carbocycles. The predicted molar refractivity (Wildman–Crippen MR) is 82.3 cm³/mol. The van der Waals surface area contributed by atoms with Crippen LogP contribution in [0.5, 0.6) is 11.6 Å². The van der Waals surface area contributed by atoms with Crippen LogP contribution in [0.4, 0.5) is 0 Å². The topological polar surface area (TPSA) is 34.2 Å². The van der Waals surface area contributed by atoms with Crippen LogP contribution in [0.2, 0.25) is 0 Å². The number of hydrogen-bond acceptors (Lipinski definition) is 3. The van der Waals surface area contributed by atoms with E-state index in [-0.39, 0.29) is 0 Å². The molecule has 2 rings (SSSR count). The van der Waals surface area contributed by atoms with Crippen molar-refractivity contribution in [3.05, 3.63) is 53.2 Å². The SMILES string of the molecule is CCNC(C)c1ccnc(Oc2cc(C)ccc2C)c1. The van der Waals surface area contributed by atoms with Gasteiger partial charge in [-0.2, -0.15) is 0 Å². The molecule has 0 saturated carbocycles. The molecule has 1 aromatic heterocycles. The third kappa shape index (κ3) is 3.58. The number of nitrogens with one attached hydrogen (secondary N) is 1. The number of nitrogens with zero attached hydrogens (tertiary/aromatic N) is 1. The monoisotopic (exact) mass is 270 g/mol. The van der Waals surface area contributed by atoms with E-state index < -0.39 is 0 Å². The van der Waals surface area contributed by atoms with Crippen molar-refractivity contribution in [3.8, 4) is 11.6 Å². The Bertz CT molecular complexity index is 581. The van der Waals surface area contributed by atoms with Crippen molar-refractivity contribution < 1.29 is 4.74 Å². The fourth-order valence-electron chi connectivity index (χ4n) is 2.10. The second kappa shape index (κ2) is 6.53. The highest BCUT2D eigenvalue weighted by atomic mass is 16.5. The highest BCUT2D eigenvalue weighted by molar-refractivity contribution is 5.38. The van der Waals surface area contributed by atoms with Crippen molar-refractivity contribution in [1.82, 2.24) is 10.3 Å². The van der Waals surface area contributed by atoms with Gasteiger partial charge in [0, 0.05) is 18.3 Å². The van der Waals surface area contributed by atoms with Crippen LogP contribution in [-0.2, 0) is 0 Å². The molecule has 1 heterocycles. The van der Waals surface area contributed by atoms with Gasteiger partial charge in [-0.1, -0.05) is 19.1 Å². The molecule has 2 aromatic rings. The first kappa shape index (κ1) is 14.5. The maximum Gasteiger partial charge on any atom is 0.219 e. The van der Waals surface area contributed by atoms with Crippen molar-refractivity contribution in [1.29, 1.82) is 0 Å². The van der Waals surface area contributed by atoms with Gasteiger partial charge >= 0.3 is 0 Å². The summed E-state index contributed by atoms with van der Waals surface area (Å²) >= 11 is 0. The molecule has 0 radical (unpaired) electrons. The third-order valence-corrected chi connectivity index (χ3v) is 3.33. The van der Waals surface area contributed by atoms with Gasteiger partial charge in [-0.15, -0.1) is 0 Å². The summed E-state index contributed by atoms with van der Waals surface area (Å²) in [4.78, 5) is 4.30. The predicted octanol–water partition coefficient (Wildman–Crippen LogP) is 4.16. The number of pyridine rings is 1. The molecule has 3 heteroatoms. The standard InChI is InChI=1S/C17H22N2O/c1-5-18-14(4)15-8-9-19-17(11-15)20-16-10-12(2)6-7-13(16)3/h6-11,14,18H,5H2,1-4H3. The number of benzene rings is 1. The van der Waals surface area contributed by atoms with E-state index in [1.807, 2.05) is 25.1 Å². The lowest BCUT2D eigenvalue weighted by molar-refractivity contribution is 0.456. The summed E-state index contributed by atoms with van der Waals surface area (Å²) in [6, 6.07) is 10.5. The van der Waals surface area contributed by atoms with E-state index >= 15 is 0 Å². The Labute approximate surface area is 121 Å². The molecule has 1 N–H and O–H groups in total. The molecule has 0 saturated heterocycles. The maximum atomic E-state index is 5.92. The first-order valence-corrected chi connectivity index (χ1v) is 7.04. The molecule has 0 spiro atoms. The Morgan fingerprint density at radius 3 is 2.75 bits per heavy atom. The summed E-state index contributed by atoms with van der Waals surface area (Å²) < 4.78 is 5.92. The van der Waals surface area contributed by atoms with Crippen LogP contribution in [0.1, 0.15) is 36.6 Å². The van der Waals surface area contributed by atoms with Gasteiger partial charge in [0.1, 0.15) is 5.75 Å². The van der Waals surface area contributed by atoms with Crippen LogP contribution < -0.4 is 10.1 Å². The second-order valence-electron chi connectivity index (χ2n) is 5.08. The summed E-state index contributed by atoms with van der Waals surface area (Å²) in [6.45, 7) is 9.28. The minimum absolute atomic E-state index is 0.295. The molecule has 0 bridgehead atoms. The first-order chi connectivity index (χ1) is 9.60. The molecular formula is C17H22N2O. The Kier molecular flexibility index (Phi) is 4.74. The largest absolute Gasteiger partial charge is 0.439 e. The zero-order chi connectivity index (χ0) is 14.5. The van der Waals surface area contributed by atoms with Crippen LogP contribution in [0.15, 0.2) is 36.5 Å². The van der Waals surface area contributed by atoms with Crippen LogP contribution in [0.3, 0.4) is 0 Å². The number of rotatable bonds is 5. The van der Waals surface area contributed by atoms with E-state index in [0.29, 0.717) is 11.9 Å². The summed E-state index contributed by atoms with van der Waals surface area (Å²) in [6.07, 6.45) is 1.80.